The number of nitrogens with two attached hydrogens (primary N) is 1. The van der Waals surface area contributed by atoms with Gasteiger partial charge >= 0.3 is 0 Å². The number of rotatable bonds is 4. The molecule has 0 aliphatic carbocycles. The van der Waals surface area contributed by atoms with E-state index < -0.39 is 6.04 Å². The number of likely N-dealkylation sites (N-methyl/N-ethyl adjacent to an activating group) is 1. The molecule has 1 aromatic carbocycles. The van der Waals surface area contributed by atoms with Crippen molar-refractivity contribution >= 4 is 5.91 Å². The van der Waals surface area contributed by atoms with Crippen LogP contribution in [0, 0.1) is 0 Å². The van der Waals surface area contributed by atoms with Gasteiger partial charge in [0.2, 0.25) is 5.91 Å². The van der Waals surface area contributed by atoms with Gasteiger partial charge in [-0.2, -0.15) is 0 Å². The number of hydrogen-bond acceptors (Lipinski definition) is 4. The maximum Gasteiger partial charge on any atom is 0.239 e. The molecule has 1 aromatic rings. The largest absolute Gasteiger partial charge is 0.508 e. The van der Waals surface area contributed by atoms with E-state index in [-0.39, 0.29) is 11.7 Å². The summed E-state index contributed by atoms with van der Waals surface area (Å²) in [4.78, 5) is 16.7. The number of carbonyl (C=O) groups excluding carboxylic acids is 1. The zero-order chi connectivity index (χ0) is 15.4. The van der Waals surface area contributed by atoms with Crippen molar-refractivity contribution in [3.8, 4) is 5.75 Å². The van der Waals surface area contributed by atoms with Crippen LogP contribution in [0.25, 0.3) is 0 Å². The first-order chi connectivity index (χ1) is 10.0. The Hall–Kier alpha value is -1.59. The summed E-state index contributed by atoms with van der Waals surface area (Å²) < 4.78 is 0. The van der Waals surface area contributed by atoms with Crippen LogP contribution in [-0.4, -0.2) is 59.1 Å². The second-order valence-corrected chi connectivity index (χ2v) is 5.74. The summed E-state index contributed by atoms with van der Waals surface area (Å²) in [6.45, 7) is 7.72. The van der Waals surface area contributed by atoms with Crippen molar-refractivity contribution < 1.29 is 9.90 Å². The highest BCUT2D eigenvalue weighted by Crippen LogP contribution is 2.13. The van der Waals surface area contributed by atoms with Gasteiger partial charge in [-0.3, -0.25) is 9.69 Å². The molecule has 1 aliphatic rings. The van der Waals surface area contributed by atoms with Crippen LogP contribution in [0.4, 0.5) is 0 Å². The van der Waals surface area contributed by atoms with Gasteiger partial charge in [0, 0.05) is 25.7 Å². The number of nitrogens with zero attached hydrogens (tertiary/aromatic N) is 2. The van der Waals surface area contributed by atoms with Gasteiger partial charge in [0.05, 0.1) is 6.04 Å². The zero-order valence-electron chi connectivity index (χ0n) is 12.8. The molecule has 116 valence electrons. The van der Waals surface area contributed by atoms with Crippen molar-refractivity contribution in [1.29, 1.82) is 0 Å². The molecule has 2 atom stereocenters. The molecule has 0 saturated carbocycles. The summed E-state index contributed by atoms with van der Waals surface area (Å²) in [5.41, 5.74) is 7.03. The van der Waals surface area contributed by atoms with Crippen molar-refractivity contribution in [2.24, 2.45) is 5.73 Å². The molecular formula is C16H25N3O2. The molecule has 2 unspecified atom stereocenters. The smallest absolute Gasteiger partial charge is 0.239 e. The molecule has 21 heavy (non-hydrogen) atoms. The number of piperazine rings is 1. The molecule has 1 fully saturated rings. The number of carbonyl (C=O) groups is 1. The average Bonchev–Trinajstić information content (AvgIpc) is 2.48. The minimum atomic E-state index is -0.519. The SMILES string of the molecule is CCN1CCN(C(=O)C(N)Cc2ccc(O)cc2)CC1C. The minimum Gasteiger partial charge on any atom is -0.508 e. The lowest BCUT2D eigenvalue weighted by Gasteiger charge is -2.40. The molecule has 1 saturated heterocycles. The summed E-state index contributed by atoms with van der Waals surface area (Å²) in [7, 11) is 0. The fourth-order valence-electron chi connectivity index (χ4n) is 2.87. The van der Waals surface area contributed by atoms with Gasteiger partial charge in [-0.1, -0.05) is 19.1 Å². The molecular weight excluding hydrogens is 266 g/mol. The normalized spacial score (nSPS) is 21.3. The van der Waals surface area contributed by atoms with E-state index in [0.717, 1.165) is 31.7 Å². The number of aromatic hydroxyl groups is 1. The summed E-state index contributed by atoms with van der Waals surface area (Å²) in [6.07, 6.45) is 0.501. The molecule has 0 bridgehead atoms. The lowest BCUT2D eigenvalue weighted by Crippen LogP contribution is -2.56. The molecule has 0 spiro atoms. The highest BCUT2D eigenvalue weighted by atomic mass is 16.3. The molecule has 0 aromatic heterocycles. The highest BCUT2D eigenvalue weighted by molar-refractivity contribution is 5.82. The van der Waals surface area contributed by atoms with Gasteiger partial charge in [-0.15, -0.1) is 0 Å². The van der Waals surface area contributed by atoms with Crippen LogP contribution in [0.2, 0.25) is 0 Å². The number of phenolic OH excluding ortho intramolecular Hbond substituents is 1. The van der Waals surface area contributed by atoms with Crippen LogP contribution in [0.3, 0.4) is 0 Å². The van der Waals surface area contributed by atoms with Crippen LogP contribution < -0.4 is 5.73 Å². The van der Waals surface area contributed by atoms with Gasteiger partial charge in [-0.25, -0.2) is 0 Å². The first-order valence-electron chi connectivity index (χ1n) is 7.57. The molecule has 5 nitrogen and oxygen atoms in total. The zero-order valence-corrected chi connectivity index (χ0v) is 12.8. The van der Waals surface area contributed by atoms with E-state index in [1.54, 1.807) is 24.3 Å². The van der Waals surface area contributed by atoms with E-state index in [2.05, 4.69) is 18.7 Å². The van der Waals surface area contributed by atoms with Gasteiger partial charge in [0.25, 0.3) is 0 Å². The number of benzene rings is 1. The Balaban J connectivity index is 1.92. The fourth-order valence-corrected chi connectivity index (χ4v) is 2.87. The summed E-state index contributed by atoms with van der Waals surface area (Å²) in [6, 6.07) is 6.72. The number of phenols is 1. The second-order valence-electron chi connectivity index (χ2n) is 5.74. The summed E-state index contributed by atoms with van der Waals surface area (Å²) >= 11 is 0. The monoisotopic (exact) mass is 291 g/mol. The van der Waals surface area contributed by atoms with Crippen molar-refractivity contribution in [2.75, 3.05) is 26.2 Å². The van der Waals surface area contributed by atoms with Crippen LogP contribution >= 0.6 is 0 Å². The summed E-state index contributed by atoms with van der Waals surface area (Å²) in [5, 5.41) is 9.27. The van der Waals surface area contributed by atoms with Crippen LogP contribution in [0.15, 0.2) is 24.3 Å². The molecule has 1 aliphatic heterocycles. The molecule has 5 heteroatoms. The molecule has 1 amide bonds. The third-order valence-electron chi connectivity index (χ3n) is 4.19. The van der Waals surface area contributed by atoms with Crippen molar-refractivity contribution in [2.45, 2.75) is 32.4 Å². The second kappa shape index (κ2) is 6.91. The highest BCUT2D eigenvalue weighted by Gasteiger charge is 2.28. The van der Waals surface area contributed by atoms with Crippen molar-refractivity contribution in [3.05, 3.63) is 29.8 Å². The third kappa shape index (κ3) is 3.95. The third-order valence-corrected chi connectivity index (χ3v) is 4.19. The molecule has 3 N–H and O–H groups in total. The Kier molecular flexibility index (Phi) is 5.20. The van der Waals surface area contributed by atoms with E-state index in [1.165, 1.54) is 0 Å². The minimum absolute atomic E-state index is 0.0191. The Morgan fingerprint density at radius 1 is 1.38 bits per heavy atom. The maximum absolute atomic E-state index is 12.4. The Labute approximate surface area is 126 Å². The lowest BCUT2D eigenvalue weighted by molar-refractivity contribution is -0.135. The number of amides is 1. The first-order valence-corrected chi connectivity index (χ1v) is 7.57. The molecule has 0 radical (unpaired) electrons. The fraction of sp³-hybridized carbons (Fsp3) is 0.562. The topological polar surface area (TPSA) is 69.8 Å². The Bertz CT molecular complexity index is 475. The van der Waals surface area contributed by atoms with Gasteiger partial charge in [-0.05, 0) is 37.6 Å². The number of hydrogen-bond donors (Lipinski definition) is 2. The van der Waals surface area contributed by atoms with Gasteiger partial charge in [0.1, 0.15) is 5.75 Å². The van der Waals surface area contributed by atoms with Crippen LogP contribution in [0.1, 0.15) is 19.4 Å². The average molecular weight is 291 g/mol. The quantitative estimate of drug-likeness (QED) is 0.861. The standard InChI is InChI=1S/C16H25N3O2/c1-3-18-8-9-19(11-12(18)2)16(21)15(17)10-13-4-6-14(20)7-5-13/h4-7,12,15,20H,3,8-11,17H2,1-2H3. The molecule has 2 rings (SSSR count). The summed E-state index contributed by atoms with van der Waals surface area (Å²) in [5.74, 6) is 0.244. The van der Waals surface area contributed by atoms with Gasteiger partial charge < -0.3 is 15.7 Å². The predicted molar refractivity (Wildman–Crippen MR) is 83.1 cm³/mol. The van der Waals surface area contributed by atoms with E-state index in [4.69, 9.17) is 5.73 Å². The Morgan fingerprint density at radius 3 is 2.62 bits per heavy atom. The van der Waals surface area contributed by atoms with E-state index in [0.29, 0.717) is 12.5 Å². The van der Waals surface area contributed by atoms with Gasteiger partial charge in [0.15, 0.2) is 0 Å². The van der Waals surface area contributed by atoms with Crippen LogP contribution in [-0.2, 0) is 11.2 Å². The maximum atomic E-state index is 12.4. The molecule has 1 heterocycles. The first kappa shape index (κ1) is 15.8. The van der Waals surface area contributed by atoms with Crippen molar-refractivity contribution in [3.63, 3.8) is 0 Å². The van der Waals surface area contributed by atoms with E-state index in [9.17, 15) is 9.90 Å². The lowest BCUT2D eigenvalue weighted by atomic mass is 10.0. The van der Waals surface area contributed by atoms with Crippen LogP contribution in [0.5, 0.6) is 5.75 Å². The predicted octanol–water partition coefficient (Wildman–Crippen LogP) is 0.815. The van der Waals surface area contributed by atoms with E-state index >= 15 is 0 Å². The Morgan fingerprint density at radius 2 is 2.05 bits per heavy atom. The van der Waals surface area contributed by atoms with Crippen molar-refractivity contribution in [1.82, 2.24) is 9.80 Å². The van der Waals surface area contributed by atoms with E-state index in [1.807, 2.05) is 4.90 Å².